The molecule has 0 atom stereocenters. The van der Waals surface area contributed by atoms with Gasteiger partial charge in [-0.15, -0.1) is 11.3 Å². The van der Waals surface area contributed by atoms with E-state index in [1.165, 1.54) is 0 Å². The maximum absolute atomic E-state index is 12.5. The number of amides is 1. The highest BCUT2D eigenvalue weighted by Crippen LogP contribution is 2.12. The Kier molecular flexibility index (Phi) is 3.88. The molecule has 6 heteroatoms. The van der Waals surface area contributed by atoms with Crippen LogP contribution in [0.1, 0.15) is 21.7 Å². The van der Waals surface area contributed by atoms with E-state index in [2.05, 4.69) is 22.4 Å². The van der Waals surface area contributed by atoms with Gasteiger partial charge in [-0.3, -0.25) is 9.20 Å². The van der Waals surface area contributed by atoms with Gasteiger partial charge in [-0.1, -0.05) is 30.3 Å². The van der Waals surface area contributed by atoms with Crippen LogP contribution < -0.4 is 5.32 Å². The summed E-state index contributed by atoms with van der Waals surface area (Å²) in [7, 11) is 0. The predicted molar refractivity (Wildman–Crippen MR) is 94.2 cm³/mol. The van der Waals surface area contributed by atoms with E-state index in [4.69, 9.17) is 0 Å². The number of fused-ring (bicyclic) bond motifs is 1. The average molecular weight is 336 g/mol. The summed E-state index contributed by atoms with van der Waals surface area (Å²) >= 11 is 1.58. The zero-order valence-corrected chi connectivity index (χ0v) is 13.7. The molecule has 0 saturated carbocycles. The Morgan fingerprint density at radius 2 is 2.00 bits per heavy atom. The molecule has 1 N–H and O–H groups in total. The molecule has 24 heavy (non-hydrogen) atoms. The number of thiazole rings is 1. The first-order valence-electron chi connectivity index (χ1n) is 7.68. The van der Waals surface area contributed by atoms with Crippen LogP contribution in [-0.4, -0.2) is 19.9 Å². The van der Waals surface area contributed by atoms with Crippen molar-refractivity contribution in [2.24, 2.45) is 0 Å². The Morgan fingerprint density at radius 1 is 1.12 bits per heavy atom. The summed E-state index contributed by atoms with van der Waals surface area (Å²) in [6, 6.07) is 13.8. The Hall–Kier alpha value is -2.86. The molecule has 1 aromatic carbocycles. The fourth-order valence-corrected chi connectivity index (χ4v) is 3.38. The minimum Gasteiger partial charge on any atom is -0.345 e. The van der Waals surface area contributed by atoms with Gasteiger partial charge in [-0.25, -0.2) is 4.98 Å². The molecule has 0 saturated heterocycles. The number of hydrogen-bond donors (Lipinski definition) is 1. The molecule has 0 fully saturated rings. The number of benzene rings is 1. The molecule has 5 nitrogen and oxygen atoms in total. The Bertz CT molecular complexity index is 939. The zero-order chi connectivity index (χ0) is 16.4. The van der Waals surface area contributed by atoms with Crippen molar-refractivity contribution in [3.8, 4) is 0 Å². The zero-order valence-electron chi connectivity index (χ0n) is 12.9. The van der Waals surface area contributed by atoms with Crippen LogP contribution in [0, 0.1) is 0 Å². The van der Waals surface area contributed by atoms with Gasteiger partial charge in [0.25, 0.3) is 5.91 Å². The van der Waals surface area contributed by atoms with E-state index < -0.39 is 0 Å². The number of nitrogens with zero attached hydrogens (tertiary/aromatic N) is 3. The summed E-state index contributed by atoms with van der Waals surface area (Å²) < 4.78 is 3.92. The molecule has 3 heterocycles. The normalized spacial score (nSPS) is 11.0. The van der Waals surface area contributed by atoms with Crippen LogP contribution in [-0.2, 0) is 13.1 Å². The van der Waals surface area contributed by atoms with E-state index in [0.717, 1.165) is 16.2 Å². The van der Waals surface area contributed by atoms with Gasteiger partial charge < -0.3 is 9.88 Å². The second-order valence-corrected chi connectivity index (χ2v) is 6.39. The lowest BCUT2D eigenvalue weighted by Crippen LogP contribution is -2.25. The summed E-state index contributed by atoms with van der Waals surface area (Å²) in [6.07, 6.45) is 5.83. The van der Waals surface area contributed by atoms with Gasteiger partial charge in [0.05, 0.1) is 12.2 Å². The first kappa shape index (κ1) is 14.7. The molecule has 0 unspecified atom stereocenters. The van der Waals surface area contributed by atoms with E-state index in [9.17, 15) is 4.79 Å². The van der Waals surface area contributed by atoms with Crippen molar-refractivity contribution in [1.29, 1.82) is 0 Å². The SMILES string of the molecule is O=C(NCc1cn2ccsc2n1)c1cccn1Cc1ccccc1. The fourth-order valence-electron chi connectivity index (χ4n) is 2.66. The second kappa shape index (κ2) is 6.33. The molecule has 0 bridgehead atoms. The minimum absolute atomic E-state index is 0.0905. The summed E-state index contributed by atoms with van der Waals surface area (Å²) in [6.45, 7) is 1.10. The summed E-state index contributed by atoms with van der Waals surface area (Å²) in [5, 5.41) is 4.93. The van der Waals surface area contributed by atoms with E-state index in [0.29, 0.717) is 18.8 Å². The molecule has 3 aromatic heterocycles. The summed E-state index contributed by atoms with van der Waals surface area (Å²) in [5.74, 6) is -0.0905. The number of imidazole rings is 1. The smallest absolute Gasteiger partial charge is 0.268 e. The third kappa shape index (κ3) is 2.96. The van der Waals surface area contributed by atoms with Crippen LogP contribution in [0.25, 0.3) is 4.96 Å². The van der Waals surface area contributed by atoms with Gasteiger partial charge in [-0.2, -0.15) is 0 Å². The van der Waals surface area contributed by atoms with Gasteiger partial charge in [0.1, 0.15) is 5.69 Å². The summed E-state index contributed by atoms with van der Waals surface area (Å²) in [4.78, 5) is 17.9. The van der Waals surface area contributed by atoms with Gasteiger partial charge in [0.15, 0.2) is 4.96 Å². The first-order chi connectivity index (χ1) is 11.8. The predicted octanol–water partition coefficient (Wildman–Crippen LogP) is 3.18. The van der Waals surface area contributed by atoms with Crippen molar-refractivity contribution in [1.82, 2.24) is 19.3 Å². The van der Waals surface area contributed by atoms with E-state index in [1.54, 1.807) is 11.3 Å². The van der Waals surface area contributed by atoms with Crippen LogP contribution >= 0.6 is 11.3 Å². The number of carbonyl (C=O) groups excluding carboxylic acids is 1. The van der Waals surface area contributed by atoms with Gasteiger partial charge in [0, 0.05) is 30.5 Å². The van der Waals surface area contributed by atoms with Crippen LogP contribution in [0.3, 0.4) is 0 Å². The topological polar surface area (TPSA) is 51.3 Å². The lowest BCUT2D eigenvalue weighted by Gasteiger charge is -2.09. The lowest BCUT2D eigenvalue weighted by atomic mass is 10.2. The molecule has 0 aliphatic carbocycles. The molecule has 120 valence electrons. The van der Waals surface area contributed by atoms with Crippen LogP contribution in [0.4, 0.5) is 0 Å². The minimum atomic E-state index is -0.0905. The van der Waals surface area contributed by atoms with Crippen molar-refractivity contribution < 1.29 is 4.79 Å². The molecule has 1 amide bonds. The Balaban J connectivity index is 1.45. The lowest BCUT2D eigenvalue weighted by molar-refractivity contribution is 0.0941. The monoisotopic (exact) mass is 336 g/mol. The molecule has 4 rings (SSSR count). The van der Waals surface area contributed by atoms with Gasteiger partial charge in [-0.05, 0) is 17.7 Å². The molecule has 0 spiro atoms. The highest BCUT2D eigenvalue weighted by atomic mass is 32.1. The van der Waals surface area contributed by atoms with E-state index in [1.807, 2.05) is 63.3 Å². The molecule has 0 aliphatic heterocycles. The molecular formula is C18H16N4OS. The third-order valence-electron chi connectivity index (χ3n) is 3.83. The average Bonchev–Trinajstić information content (AvgIpc) is 3.29. The number of nitrogens with one attached hydrogen (secondary N) is 1. The third-order valence-corrected chi connectivity index (χ3v) is 4.60. The molecular weight excluding hydrogens is 320 g/mol. The van der Waals surface area contributed by atoms with E-state index in [-0.39, 0.29) is 5.91 Å². The Labute approximate surface area is 143 Å². The number of carbonyl (C=O) groups is 1. The highest BCUT2D eigenvalue weighted by Gasteiger charge is 2.12. The van der Waals surface area contributed by atoms with Crippen molar-refractivity contribution in [3.05, 3.63) is 83.4 Å². The maximum atomic E-state index is 12.5. The summed E-state index contributed by atoms with van der Waals surface area (Å²) in [5.41, 5.74) is 2.67. The van der Waals surface area contributed by atoms with Gasteiger partial charge >= 0.3 is 0 Å². The largest absolute Gasteiger partial charge is 0.345 e. The maximum Gasteiger partial charge on any atom is 0.268 e. The van der Waals surface area contributed by atoms with E-state index >= 15 is 0 Å². The van der Waals surface area contributed by atoms with Crippen molar-refractivity contribution >= 4 is 22.2 Å². The molecule has 4 aromatic rings. The number of hydrogen-bond acceptors (Lipinski definition) is 3. The van der Waals surface area contributed by atoms with Crippen LogP contribution in [0.15, 0.2) is 66.4 Å². The highest BCUT2D eigenvalue weighted by molar-refractivity contribution is 7.15. The van der Waals surface area contributed by atoms with Crippen molar-refractivity contribution in [2.75, 3.05) is 0 Å². The number of rotatable bonds is 5. The second-order valence-electron chi connectivity index (χ2n) is 5.51. The first-order valence-corrected chi connectivity index (χ1v) is 8.56. The number of aromatic nitrogens is 3. The molecule has 0 aliphatic rings. The Morgan fingerprint density at radius 3 is 2.83 bits per heavy atom. The van der Waals surface area contributed by atoms with Gasteiger partial charge in [0.2, 0.25) is 0 Å². The fraction of sp³-hybridized carbons (Fsp3) is 0.111. The van der Waals surface area contributed by atoms with Crippen LogP contribution in [0.2, 0.25) is 0 Å². The quantitative estimate of drug-likeness (QED) is 0.608. The van der Waals surface area contributed by atoms with Crippen LogP contribution in [0.5, 0.6) is 0 Å². The molecule has 0 radical (unpaired) electrons. The standard InChI is InChI=1S/C18H16N4OS/c23-17(19-11-15-13-22-9-10-24-18(22)20-15)16-7-4-8-21(16)12-14-5-2-1-3-6-14/h1-10,13H,11-12H2,(H,19,23). The van der Waals surface area contributed by atoms with Crippen molar-refractivity contribution in [3.63, 3.8) is 0 Å². The van der Waals surface area contributed by atoms with Crippen molar-refractivity contribution in [2.45, 2.75) is 13.1 Å².